The molecule has 10 heteroatoms. The molecule has 31 heavy (non-hydrogen) atoms. The molecule has 166 valence electrons. The Morgan fingerprint density at radius 3 is 2.32 bits per heavy atom. The third-order valence-corrected chi connectivity index (χ3v) is 5.07. The van der Waals surface area contributed by atoms with Crippen LogP contribution in [0.3, 0.4) is 0 Å². The van der Waals surface area contributed by atoms with E-state index < -0.39 is 41.8 Å². The van der Waals surface area contributed by atoms with Crippen LogP contribution in [0.1, 0.15) is 44.7 Å². The molecule has 6 nitrogen and oxygen atoms in total. The number of aromatic nitrogens is 2. The second-order valence-corrected chi connectivity index (χ2v) is 8.38. The lowest BCUT2D eigenvalue weighted by Crippen LogP contribution is -2.53. The normalized spacial score (nSPS) is 17.5. The van der Waals surface area contributed by atoms with Crippen molar-refractivity contribution in [2.24, 2.45) is 0 Å². The summed E-state index contributed by atoms with van der Waals surface area (Å²) in [4.78, 5) is 12.7. The maximum absolute atomic E-state index is 14.3. The van der Waals surface area contributed by atoms with E-state index in [1.54, 1.807) is 12.3 Å². The molecule has 1 aliphatic carbocycles. The van der Waals surface area contributed by atoms with Crippen LogP contribution >= 0.6 is 0 Å². The van der Waals surface area contributed by atoms with Crippen LogP contribution in [-0.4, -0.2) is 39.5 Å². The van der Waals surface area contributed by atoms with Crippen molar-refractivity contribution in [3.05, 3.63) is 42.1 Å². The van der Waals surface area contributed by atoms with Crippen molar-refractivity contribution in [2.75, 3.05) is 0 Å². The first-order valence-electron chi connectivity index (χ1n) is 9.78. The zero-order chi connectivity index (χ0) is 22.9. The van der Waals surface area contributed by atoms with Gasteiger partial charge in [0.25, 0.3) is 0 Å². The van der Waals surface area contributed by atoms with E-state index in [4.69, 9.17) is 5.26 Å². The van der Waals surface area contributed by atoms with Gasteiger partial charge >= 0.3 is 6.18 Å². The molecule has 3 rings (SSSR count). The van der Waals surface area contributed by atoms with Gasteiger partial charge in [-0.1, -0.05) is 24.3 Å². The van der Waals surface area contributed by atoms with E-state index in [0.717, 1.165) is 0 Å². The number of aromatic amines is 1. The van der Waals surface area contributed by atoms with E-state index in [2.05, 4.69) is 20.8 Å². The van der Waals surface area contributed by atoms with Gasteiger partial charge in [0.2, 0.25) is 5.91 Å². The quantitative estimate of drug-likeness (QED) is 0.545. The zero-order valence-electron chi connectivity index (χ0n) is 17.1. The number of hydrogen-bond donors (Lipinski definition) is 3. The lowest BCUT2D eigenvalue weighted by Gasteiger charge is -2.30. The largest absolute Gasteiger partial charge is 0.407 e. The van der Waals surface area contributed by atoms with Gasteiger partial charge in [-0.2, -0.15) is 23.5 Å². The fraction of sp³-hybridized carbons (Fsp3) is 0.476. The minimum Gasteiger partial charge on any atom is -0.336 e. The molecule has 0 aliphatic heterocycles. The number of H-pyrrole nitrogens is 1. The molecule has 1 aromatic heterocycles. The summed E-state index contributed by atoms with van der Waals surface area (Å²) < 4.78 is 56.0. The molecular weight excluding hydrogens is 414 g/mol. The second kappa shape index (κ2) is 8.30. The molecule has 0 saturated heterocycles. The lowest BCUT2D eigenvalue weighted by molar-refractivity contribution is -0.161. The Balaban J connectivity index is 1.85. The van der Waals surface area contributed by atoms with Crippen LogP contribution in [0, 0.1) is 11.3 Å². The number of nitriles is 1. The highest BCUT2D eigenvalue weighted by Crippen LogP contribution is 2.36. The Labute approximate surface area is 177 Å². The second-order valence-electron chi connectivity index (χ2n) is 8.38. The van der Waals surface area contributed by atoms with Crippen LogP contribution in [0.25, 0.3) is 11.3 Å². The van der Waals surface area contributed by atoms with Crippen molar-refractivity contribution >= 4 is 5.91 Å². The highest BCUT2D eigenvalue weighted by Gasteiger charge is 2.48. The average molecular weight is 437 g/mol. The summed E-state index contributed by atoms with van der Waals surface area (Å²) in [6.45, 7) is 2.38. The Morgan fingerprint density at radius 1 is 1.23 bits per heavy atom. The van der Waals surface area contributed by atoms with Crippen LogP contribution < -0.4 is 10.6 Å². The Kier molecular flexibility index (Phi) is 6.09. The van der Waals surface area contributed by atoms with Gasteiger partial charge in [0.1, 0.15) is 17.2 Å². The molecule has 3 N–H and O–H groups in total. The number of carbonyl (C=O) groups is 1. The molecule has 1 saturated carbocycles. The van der Waals surface area contributed by atoms with E-state index in [1.807, 2.05) is 6.07 Å². The molecular formula is C21H23F4N5O. The first-order valence-corrected chi connectivity index (χ1v) is 9.78. The van der Waals surface area contributed by atoms with Gasteiger partial charge < -0.3 is 5.32 Å². The van der Waals surface area contributed by atoms with E-state index in [-0.39, 0.29) is 5.56 Å². The number of nitrogens with zero attached hydrogens (tertiary/aromatic N) is 2. The van der Waals surface area contributed by atoms with E-state index in [0.29, 0.717) is 24.1 Å². The van der Waals surface area contributed by atoms with Crippen LogP contribution in [0.2, 0.25) is 0 Å². The number of alkyl halides is 4. The van der Waals surface area contributed by atoms with Gasteiger partial charge in [-0.15, -0.1) is 0 Å². The fourth-order valence-electron chi connectivity index (χ4n) is 3.27. The molecule has 1 aromatic carbocycles. The van der Waals surface area contributed by atoms with Gasteiger partial charge in [0.05, 0.1) is 17.8 Å². The summed E-state index contributed by atoms with van der Waals surface area (Å²) in [6.07, 6.45) is -2.80. The predicted molar refractivity (Wildman–Crippen MR) is 105 cm³/mol. The topological polar surface area (TPSA) is 93.6 Å². The maximum Gasteiger partial charge on any atom is 0.407 e. The number of carbonyl (C=O) groups excluding carboxylic acids is 1. The van der Waals surface area contributed by atoms with Crippen LogP contribution in [0.4, 0.5) is 17.6 Å². The van der Waals surface area contributed by atoms with Gasteiger partial charge in [-0.3, -0.25) is 15.2 Å². The highest BCUT2D eigenvalue weighted by atomic mass is 19.4. The molecule has 1 aliphatic rings. The molecule has 1 amide bonds. The Bertz CT molecular complexity index is 938. The minimum absolute atomic E-state index is 0.123. The van der Waals surface area contributed by atoms with Gasteiger partial charge in [0, 0.05) is 18.2 Å². The third-order valence-electron chi connectivity index (χ3n) is 5.07. The standard InChI is InChI=1S/C21H23F4N5O/c1-19(2,22)11-16(18(31)29-20(12-26)8-9-20)28-17(21(23,24)25)14-5-3-13(4-6-14)15-7-10-27-30-15/h3-7,10,16-17,28H,8-9,11H2,1-2H3,(H,27,30)(H,29,31)/t16-,17-/m0/s1. The first-order chi connectivity index (χ1) is 14.4. The van der Waals surface area contributed by atoms with Crippen LogP contribution in [-0.2, 0) is 4.79 Å². The average Bonchev–Trinajstić information content (AvgIpc) is 3.23. The minimum atomic E-state index is -4.74. The number of rotatable bonds is 8. The fourth-order valence-corrected chi connectivity index (χ4v) is 3.27. The van der Waals surface area contributed by atoms with Crippen molar-refractivity contribution in [2.45, 2.75) is 62.6 Å². The molecule has 0 radical (unpaired) electrons. The maximum atomic E-state index is 14.3. The van der Waals surface area contributed by atoms with Crippen molar-refractivity contribution in [1.29, 1.82) is 5.26 Å². The van der Waals surface area contributed by atoms with Crippen molar-refractivity contribution < 1.29 is 22.4 Å². The van der Waals surface area contributed by atoms with Gasteiger partial charge in [-0.25, -0.2) is 4.39 Å². The van der Waals surface area contributed by atoms with Gasteiger partial charge in [-0.05, 0) is 38.3 Å². The number of amides is 1. The summed E-state index contributed by atoms with van der Waals surface area (Å²) in [5, 5.41) is 20.5. The summed E-state index contributed by atoms with van der Waals surface area (Å²) in [5.41, 5.74) is -1.91. The monoisotopic (exact) mass is 437 g/mol. The summed E-state index contributed by atoms with van der Waals surface area (Å²) in [7, 11) is 0. The molecule has 1 heterocycles. The zero-order valence-corrected chi connectivity index (χ0v) is 17.1. The van der Waals surface area contributed by atoms with E-state index in [9.17, 15) is 22.4 Å². The Hall–Kier alpha value is -2.93. The van der Waals surface area contributed by atoms with Crippen molar-refractivity contribution in [3.63, 3.8) is 0 Å². The molecule has 0 bridgehead atoms. The number of halogens is 4. The van der Waals surface area contributed by atoms with Crippen LogP contribution in [0.15, 0.2) is 36.5 Å². The molecule has 0 spiro atoms. The van der Waals surface area contributed by atoms with Crippen molar-refractivity contribution in [3.8, 4) is 17.3 Å². The number of nitrogens with one attached hydrogen (secondary N) is 3. The summed E-state index contributed by atoms with van der Waals surface area (Å²) >= 11 is 0. The predicted octanol–water partition coefficient (Wildman–Crippen LogP) is 3.95. The van der Waals surface area contributed by atoms with Crippen LogP contribution in [0.5, 0.6) is 0 Å². The van der Waals surface area contributed by atoms with Crippen molar-refractivity contribution in [1.82, 2.24) is 20.8 Å². The van der Waals surface area contributed by atoms with E-state index in [1.165, 1.54) is 38.1 Å². The molecule has 0 unspecified atom stereocenters. The smallest absolute Gasteiger partial charge is 0.336 e. The van der Waals surface area contributed by atoms with Gasteiger partial charge in [0.15, 0.2) is 0 Å². The third kappa shape index (κ3) is 5.82. The molecule has 2 atom stereocenters. The summed E-state index contributed by atoms with van der Waals surface area (Å²) in [5.74, 6) is -0.827. The lowest BCUT2D eigenvalue weighted by atomic mass is 9.96. The SMILES string of the molecule is CC(C)(F)C[C@H](N[C@@H](c1ccc(-c2cc[nH]n2)cc1)C(F)(F)F)C(=O)NC1(C#N)CC1. The number of hydrogen-bond acceptors (Lipinski definition) is 4. The first kappa shape index (κ1) is 22.7. The van der Waals surface area contributed by atoms with E-state index >= 15 is 0 Å². The number of benzene rings is 1. The summed E-state index contributed by atoms with van der Waals surface area (Å²) in [6, 6.07) is 5.53. The Morgan fingerprint density at radius 2 is 1.87 bits per heavy atom. The molecule has 1 fully saturated rings. The molecule has 2 aromatic rings. The highest BCUT2D eigenvalue weighted by molar-refractivity contribution is 5.83.